The van der Waals surface area contributed by atoms with Crippen LogP contribution in [0.15, 0.2) is 59.5 Å². The summed E-state index contributed by atoms with van der Waals surface area (Å²) in [4.78, 5) is 0.434. The molecule has 0 aliphatic heterocycles. The van der Waals surface area contributed by atoms with E-state index in [-0.39, 0.29) is 3.76 Å². The van der Waals surface area contributed by atoms with Gasteiger partial charge in [-0.05, 0) is 31.2 Å². The van der Waals surface area contributed by atoms with Gasteiger partial charge in [-0.25, -0.2) is 8.42 Å². The Morgan fingerprint density at radius 3 is 2.17 bits per heavy atom. The van der Waals surface area contributed by atoms with E-state index in [0.717, 1.165) is 9.13 Å². The van der Waals surface area contributed by atoms with Crippen LogP contribution in [0.2, 0.25) is 0 Å². The summed E-state index contributed by atoms with van der Waals surface area (Å²) in [5, 5.41) is 0. The first-order valence-electron chi connectivity index (χ1n) is 5.51. The Hall–Kier alpha value is -0.880. The van der Waals surface area contributed by atoms with Gasteiger partial charge in [0, 0.05) is 0 Å². The molecule has 0 radical (unpaired) electrons. The third-order valence-electron chi connectivity index (χ3n) is 2.47. The number of rotatable bonds is 4. The lowest BCUT2D eigenvalue weighted by molar-refractivity contribution is -0.608. The van der Waals surface area contributed by atoms with Crippen LogP contribution < -0.4 is 21.2 Å². The molecule has 0 aromatic heterocycles. The first-order chi connectivity index (χ1) is 8.58. The lowest BCUT2D eigenvalue weighted by Gasteiger charge is -1.98. The summed E-state index contributed by atoms with van der Waals surface area (Å²) in [6.07, 6.45) is 0. The monoisotopic (exact) mass is 373 g/mol. The Morgan fingerprint density at radius 1 is 0.944 bits per heavy atom. The summed E-state index contributed by atoms with van der Waals surface area (Å²) < 4.78 is 25.7. The molecule has 0 saturated heterocycles. The molecule has 0 aliphatic rings. The Morgan fingerprint density at radius 2 is 1.56 bits per heavy atom. The van der Waals surface area contributed by atoms with Crippen LogP contribution in [-0.2, 0) is 9.84 Å². The van der Waals surface area contributed by atoms with E-state index in [4.69, 9.17) is 0 Å². The van der Waals surface area contributed by atoms with Crippen molar-refractivity contribution < 1.29 is 29.6 Å². The number of benzene rings is 2. The van der Waals surface area contributed by atoms with Crippen LogP contribution in [-0.4, -0.2) is 12.2 Å². The van der Waals surface area contributed by atoms with Crippen molar-refractivity contribution in [2.45, 2.75) is 11.8 Å². The van der Waals surface area contributed by atoms with Gasteiger partial charge in [-0.3, -0.25) is 0 Å². The number of sulfone groups is 1. The normalized spacial score (nSPS) is 11.4. The highest BCUT2D eigenvalue weighted by atomic mass is 127. The van der Waals surface area contributed by atoms with Gasteiger partial charge in [-0.2, -0.15) is 0 Å². The first kappa shape index (κ1) is 13.5. The highest BCUT2D eigenvalue weighted by Gasteiger charge is 2.24. The second kappa shape index (κ2) is 5.84. The van der Waals surface area contributed by atoms with Crippen molar-refractivity contribution in [3.63, 3.8) is 0 Å². The number of hydrogen-bond donors (Lipinski definition) is 0. The fourth-order valence-electron chi connectivity index (χ4n) is 1.45. The molecule has 2 nitrogen and oxygen atoms in total. The van der Waals surface area contributed by atoms with Gasteiger partial charge in [-0.1, -0.05) is 35.9 Å². The van der Waals surface area contributed by atoms with E-state index in [9.17, 15) is 8.42 Å². The molecule has 0 heterocycles. The number of halogens is 1. The topological polar surface area (TPSA) is 34.1 Å². The Balaban J connectivity index is 2.11. The molecule has 94 valence electrons. The Labute approximate surface area is 118 Å². The summed E-state index contributed by atoms with van der Waals surface area (Å²) in [5.41, 5.74) is 1.08. The maximum atomic E-state index is 12.1. The van der Waals surface area contributed by atoms with E-state index in [1.165, 1.54) is 0 Å². The third-order valence-corrected chi connectivity index (χ3v) is 8.85. The fourth-order valence-corrected chi connectivity index (χ4v) is 6.70. The van der Waals surface area contributed by atoms with Crippen molar-refractivity contribution in [2.24, 2.45) is 0 Å². The standard InChI is InChI=1S/C14H14IO2S/c1-12-7-9-14(10-8-12)18(16,17)11-15-13-5-3-2-4-6-13/h2-10H,11H2,1H3/q+1. The fraction of sp³-hybridized carbons (Fsp3) is 0.143. The number of hydrogen-bond acceptors (Lipinski definition) is 2. The van der Waals surface area contributed by atoms with Crippen molar-refractivity contribution in [1.82, 2.24) is 0 Å². The smallest absolute Gasteiger partial charge is 0.219 e. The highest BCUT2D eigenvalue weighted by molar-refractivity contribution is 7.91. The highest BCUT2D eigenvalue weighted by Crippen LogP contribution is 2.09. The van der Waals surface area contributed by atoms with E-state index < -0.39 is 31.0 Å². The predicted octanol–water partition coefficient (Wildman–Crippen LogP) is -0.315. The van der Waals surface area contributed by atoms with Crippen LogP contribution >= 0.6 is 0 Å². The van der Waals surface area contributed by atoms with Crippen molar-refractivity contribution in [1.29, 1.82) is 0 Å². The summed E-state index contributed by atoms with van der Waals surface area (Å²) in [5.74, 6) is 0. The van der Waals surface area contributed by atoms with E-state index in [1.807, 2.05) is 49.4 Å². The molecule has 0 atom stereocenters. The van der Waals surface area contributed by atoms with E-state index in [2.05, 4.69) is 0 Å². The second-order valence-electron chi connectivity index (χ2n) is 3.97. The SMILES string of the molecule is Cc1ccc(S(=O)(=O)C[I+]c2ccccc2)cc1. The summed E-state index contributed by atoms with van der Waals surface area (Å²) in [6, 6.07) is 16.9. The minimum absolute atomic E-state index is 0.263. The van der Waals surface area contributed by atoms with E-state index in [1.54, 1.807) is 12.1 Å². The van der Waals surface area contributed by atoms with Crippen molar-refractivity contribution in [3.05, 3.63) is 63.7 Å². The van der Waals surface area contributed by atoms with Crippen LogP contribution in [0.1, 0.15) is 5.56 Å². The molecular formula is C14H14IO2S+. The first-order valence-corrected chi connectivity index (χ1v) is 9.77. The Bertz CT molecular complexity index is 604. The molecule has 0 bridgehead atoms. The van der Waals surface area contributed by atoms with E-state index in [0.29, 0.717) is 4.90 Å². The maximum Gasteiger partial charge on any atom is 0.330 e. The van der Waals surface area contributed by atoms with Gasteiger partial charge in [-0.15, -0.1) is 0 Å². The van der Waals surface area contributed by atoms with Gasteiger partial charge in [0.25, 0.3) is 3.76 Å². The van der Waals surface area contributed by atoms with Gasteiger partial charge in [0.2, 0.25) is 9.84 Å². The summed E-state index contributed by atoms with van der Waals surface area (Å²) >= 11 is -0.485. The van der Waals surface area contributed by atoms with Crippen LogP contribution in [0.3, 0.4) is 0 Å². The lowest BCUT2D eigenvalue weighted by Crippen LogP contribution is -3.63. The second-order valence-corrected chi connectivity index (χ2v) is 9.76. The van der Waals surface area contributed by atoms with Gasteiger partial charge >= 0.3 is 21.2 Å². The molecule has 18 heavy (non-hydrogen) atoms. The van der Waals surface area contributed by atoms with Crippen LogP contribution in [0.5, 0.6) is 0 Å². The lowest BCUT2D eigenvalue weighted by atomic mass is 10.2. The molecule has 0 aliphatic carbocycles. The van der Waals surface area contributed by atoms with Crippen LogP contribution in [0.25, 0.3) is 0 Å². The van der Waals surface area contributed by atoms with Crippen molar-refractivity contribution in [3.8, 4) is 0 Å². The minimum Gasteiger partial charge on any atom is -0.219 e. The molecule has 2 aromatic carbocycles. The van der Waals surface area contributed by atoms with Crippen LogP contribution in [0, 0.1) is 10.5 Å². The third kappa shape index (κ3) is 3.55. The average molecular weight is 373 g/mol. The maximum absolute atomic E-state index is 12.1. The number of aryl methyl sites for hydroxylation is 1. The zero-order valence-corrected chi connectivity index (χ0v) is 13.0. The average Bonchev–Trinajstić information content (AvgIpc) is 2.38. The summed E-state index contributed by atoms with van der Waals surface area (Å²) in [7, 11) is -3.13. The molecule has 0 N–H and O–H groups in total. The molecule has 0 saturated carbocycles. The molecule has 0 amide bonds. The zero-order valence-electron chi connectivity index (χ0n) is 10.0. The quantitative estimate of drug-likeness (QED) is 0.544. The minimum atomic E-state index is -3.13. The molecule has 0 spiro atoms. The van der Waals surface area contributed by atoms with Gasteiger partial charge < -0.3 is 0 Å². The molecular weight excluding hydrogens is 359 g/mol. The molecule has 4 heteroatoms. The molecule has 2 aromatic rings. The molecule has 2 rings (SSSR count). The van der Waals surface area contributed by atoms with Gasteiger partial charge in [0.05, 0.1) is 4.90 Å². The van der Waals surface area contributed by atoms with Crippen molar-refractivity contribution >= 4 is 9.84 Å². The van der Waals surface area contributed by atoms with Gasteiger partial charge in [0.15, 0.2) is 3.57 Å². The summed E-state index contributed by atoms with van der Waals surface area (Å²) in [6.45, 7) is 1.95. The van der Waals surface area contributed by atoms with E-state index >= 15 is 0 Å². The zero-order chi connectivity index (χ0) is 13.0. The predicted molar refractivity (Wildman–Crippen MR) is 68.4 cm³/mol. The van der Waals surface area contributed by atoms with Gasteiger partial charge in [0.1, 0.15) is 0 Å². The largest absolute Gasteiger partial charge is 0.330 e. The van der Waals surface area contributed by atoms with Crippen molar-refractivity contribution in [2.75, 3.05) is 3.76 Å². The Kier molecular flexibility index (Phi) is 4.40. The molecule has 0 unspecified atom stereocenters. The molecule has 0 fully saturated rings. The van der Waals surface area contributed by atoms with Crippen LogP contribution in [0.4, 0.5) is 0 Å². The number of alkyl halides is 1.